The molecular weight excluding hydrogens is 264 g/mol. The fourth-order valence-electron chi connectivity index (χ4n) is 2.31. The third kappa shape index (κ3) is 3.39. The minimum Gasteiger partial charge on any atom is -0.392 e. The average molecular weight is 283 g/mol. The van der Waals surface area contributed by atoms with E-state index in [9.17, 15) is 4.79 Å². The summed E-state index contributed by atoms with van der Waals surface area (Å²) in [5, 5.41) is 9.61. The number of nitrogens with zero attached hydrogens (tertiary/aromatic N) is 2. The van der Waals surface area contributed by atoms with Gasteiger partial charge in [-0.05, 0) is 30.5 Å². The van der Waals surface area contributed by atoms with Crippen LogP contribution in [0, 0.1) is 0 Å². The van der Waals surface area contributed by atoms with Crippen LogP contribution in [-0.4, -0.2) is 42.6 Å². The molecule has 1 saturated heterocycles. The number of rotatable bonds is 4. The van der Waals surface area contributed by atoms with Gasteiger partial charge < -0.3 is 14.9 Å². The summed E-state index contributed by atoms with van der Waals surface area (Å²) < 4.78 is 0. The molecule has 0 unspecified atom stereocenters. The molecule has 1 heterocycles. The van der Waals surface area contributed by atoms with Crippen LogP contribution in [0.2, 0.25) is 5.02 Å². The van der Waals surface area contributed by atoms with Gasteiger partial charge in [0.05, 0.1) is 23.9 Å². The number of anilines is 1. The molecule has 5 heteroatoms. The first kappa shape index (κ1) is 14.2. The number of halogens is 1. The number of carbonyl (C=O) groups is 1. The van der Waals surface area contributed by atoms with Gasteiger partial charge in [0.25, 0.3) is 0 Å². The van der Waals surface area contributed by atoms with Crippen molar-refractivity contribution in [3.63, 3.8) is 0 Å². The van der Waals surface area contributed by atoms with Crippen LogP contribution in [0.15, 0.2) is 18.2 Å². The Kier molecular flexibility index (Phi) is 4.66. The summed E-state index contributed by atoms with van der Waals surface area (Å²) >= 11 is 6.17. The highest BCUT2D eigenvalue weighted by molar-refractivity contribution is 6.33. The molecule has 1 aliphatic rings. The van der Waals surface area contributed by atoms with Gasteiger partial charge in [-0.15, -0.1) is 0 Å². The molecule has 0 aromatic heterocycles. The second-order valence-electron chi connectivity index (χ2n) is 4.89. The molecule has 1 aromatic rings. The van der Waals surface area contributed by atoms with Crippen LogP contribution in [0.3, 0.4) is 0 Å². The van der Waals surface area contributed by atoms with E-state index in [2.05, 4.69) is 0 Å². The number of likely N-dealkylation sites (tertiary alicyclic amines) is 1. The van der Waals surface area contributed by atoms with E-state index in [4.69, 9.17) is 16.7 Å². The third-order valence-corrected chi connectivity index (χ3v) is 3.74. The number of likely N-dealkylation sites (N-methyl/N-ethyl adjacent to an activating group) is 1. The van der Waals surface area contributed by atoms with Gasteiger partial charge in [0, 0.05) is 20.1 Å². The number of hydrogen-bond donors (Lipinski definition) is 1. The van der Waals surface area contributed by atoms with E-state index in [0.717, 1.165) is 37.2 Å². The van der Waals surface area contributed by atoms with Crippen molar-refractivity contribution >= 4 is 23.2 Å². The van der Waals surface area contributed by atoms with Crippen LogP contribution in [0.4, 0.5) is 5.69 Å². The number of carbonyl (C=O) groups excluding carboxylic acids is 1. The maximum absolute atomic E-state index is 12.1. The van der Waals surface area contributed by atoms with Crippen molar-refractivity contribution in [3.05, 3.63) is 28.8 Å². The molecule has 0 radical (unpaired) electrons. The molecule has 0 spiro atoms. The standard InChI is InChI=1S/C14H19ClN2O2/c1-16(9-14(19)17-6-2-3-7-17)13-5-4-11(10-18)8-12(13)15/h4-5,8,18H,2-3,6-7,9-10H2,1H3. The first-order valence-electron chi connectivity index (χ1n) is 6.50. The monoisotopic (exact) mass is 282 g/mol. The second-order valence-corrected chi connectivity index (χ2v) is 5.30. The van der Waals surface area contributed by atoms with E-state index in [0.29, 0.717) is 11.6 Å². The van der Waals surface area contributed by atoms with Crippen LogP contribution in [-0.2, 0) is 11.4 Å². The largest absolute Gasteiger partial charge is 0.392 e. The Morgan fingerprint density at radius 1 is 1.42 bits per heavy atom. The molecule has 1 aromatic carbocycles. The maximum Gasteiger partial charge on any atom is 0.242 e. The van der Waals surface area contributed by atoms with Gasteiger partial charge in [-0.3, -0.25) is 4.79 Å². The zero-order chi connectivity index (χ0) is 13.8. The predicted molar refractivity (Wildman–Crippen MR) is 76.5 cm³/mol. The van der Waals surface area contributed by atoms with E-state index in [1.807, 2.05) is 29.0 Å². The van der Waals surface area contributed by atoms with Crippen molar-refractivity contribution in [1.82, 2.24) is 4.90 Å². The quantitative estimate of drug-likeness (QED) is 0.917. The number of amides is 1. The minimum atomic E-state index is -0.0313. The molecule has 0 bridgehead atoms. The van der Waals surface area contributed by atoms with Crippen molar-refractivity contribution < 1.29 is 9.90 Å². The smallest absolute Gasteiger partial charge is 0.242 e. The van der Waals surface area contributed by atoms with Gasteiger partial charge in [0.1, 0.15) is 0 Å². The number of aliphatic hydroxyl groups excluding tert-OH is 1. The van der Waals surface area contributed by atoms with Crippen LogP contribution < -0.4 is 4.90 Å². The van der Waals surface area contributed by atoms with Gasteiger partial charge >= 0.3 is 0 Å². The van der Waals surface area contributed by atoms with Gasteiger partial charge in [-0.1, -0.05) is 17.7 Å². The Morgan fingerprint density at radius 3 is 2.68 bits per heavy atom. The lowest BCUT2D eigenvalue weighted by atomic mass is 10.2. The van der Waals surface area contributed by atoms with Crippen LogP contribution >= 0.6 is 11.6 Å². The van der Waals surface area contributed by atoms with Gasteiger partial charge in [0.15, 0.2) is 0 Å². The lowest BCUT2D eigenvalue weighted by Crippen LogP contribution is -2.37. The molecular formula is C14H19ClN2O2. The van der Waals surface area contributed by atoms with E-state index in [1.165, 1.54) is 0 Å². The summed E-state index contributed by atoms with van der Waals surface area (Å²) in [4.78, 5) is 15.8. The highest BCUT2D eigenvalue weighted by Crippen LogP contribution is 2.26. The molecule has 1 amide bonds. The lowest BCUT2D eigenvalue weighted by Gasteiger charge is -2.23. The highest BCUT2D eigenvalue weighted by Gasteiger charge is 2.19. The molecule has 4 nitrogen and oxygen atoms in total. The molecule has 19 heavy (non-hydrogen) atoms. The lowest BCUT2D eigenvalue weighted by molar-refractivity contribution is -0.128. The first-order chi connectivity index (χ1) is 9.11. The normalized spacial score (nSPS) is 14.8. The topological polar surface area (TPSA) is 43.8 Å². The van der Waals surface area contributed by atoms with Gasteiger partial charge in [-0.2, -0.15) is 0 Å². The molecule has 1 N–H and O–H groups in total. The minimum absolute atomic E-state index is 0.0313. The third-order valence-electron chi connectivity index (χ3n) is 3.44. The molecule has 1 fully saturated rings. The van der Waals surface area contributed by atoms with E-state index in [1.54, 1.807) is 6.07 Å². The highest BCUT2D eigenvalue weighted by atomic mass is 35.5. The molecule has 1 aliphatic heterocycles. The molecule has 104 valence electrons. The Bertz CT molecular complexity index is 459. The fraction of sp³-hybridized carbons (Fsp3) is 0.500. The Labute approximate surface area is 118 Å². The van der Waals surface area contributed by atoms with Crippen molar-refractivity contribution in [2.75, 3.05) is 31.6 Å². The number of benzene rings is 1. The summed E-state index contributed by atoms with van der Waals surface area (Å²) in [7, 11) is 1.85. The van der Waals surface area contributed by atoms with Crippen LogP contribution in [0.25, 0.3) is 0 Å². The fourth-order valence-corrected chi connectivity index (χ4v) is 2.66. The van der Waals surface area contributed by atoms with E-state index in [-0.39, 0.29) is 12.5 Å². The number of hydrogen-bond acceptors (Lipinski definition) is 3. The van der Waals surface area contributed by atoms with Gasteiger partial charge in [-0.25, -0.2) is 0 Å². The van der Waals surface area contributed by atoms with Crippen LogP contribution in [0.1, 0.15) is 18.4 Å². The Balaban J connectivity index is 2.02. The van der Waals surface area contributed by atoms with Crippen molar-refractivity contribution in [2.45, 2.75) is 19.4 Å². The summed E-state index contributed by atoms with van der Waals surface area (Å²) in [5.74, 6) is 0.141. The predicted octanol–water partition coefficient (Wildman–Crippen LogP) is 1.89. The maximum atomic E-state index is 12.1. The van der Waals surface area contributed by atoms with E-state index >= 15 is 0 Å². The zero-order valence-electron chi connectivity index (χ0n) is 11.1. The first-order valence-corrected chi connectivity index (χ1v) is 6.88. The molecule has 2 rings (SSSR count). The summed E-state index contributed by atoms with van der Waals surface area (Å²) in [6.07, 6.45) is 2.20. The second kappa shape index (κ2) is 6.26. The van der Waals surface area contributed by atoms with Crippen LogP contribution in [0.5, 0.6) is 0 Å². The average Bonchev–Trinajstić information content (AvgIpc) is 2.92. The Hall–Kier alpha value is -1.26. The van der Waals surface area contributed by atoms with Crippen molar-refractivity contribution in [3.8, 4) is 0 Å². The van der Waals surface area contributed by atoms with Crippen molar-refractivity contribution in [2.24, 2.45) is 0 Å². The number of aliphatic hydroxyl groups is 1. The molecule has 0 aliphatic carbocycles. The van der Waals surface area contributed by atoms with Gasteiger partial charge in [0.2, 0.25) is 5.91 Å². The van der Waals surface area contributed by atoms with E-state index < -0.39 is 0 Å². The Morgan fingerprint density at radius 2 is 2.11 bits per heavy atom. The molecule has 0 saturated carbocycles. The molecule has 0 atom stereocenters. The summed E-state index contributed by atoms with van der Waals surface area (Å²) in [6, 6.07) is 5.39. The zero-order valence-corrected chi connectivity index (χ0v) is 11.9. The SMILES string of the molecule is CN(CC(=O)N1CCCC1)c1ccc(CO)cc1Cl. The van der Waals surface area contributed by atoms with Crippen molar-refractivity contribution in [1.29, 1.82) is 0 Å². The summed E-state index contributed by atoms with van der Waals surface area (Å²) in [5.41, 5.74) is 1.58. The summed E-state index contributed by atoms with van der Waals surface area (Å²) in [6.45, 7) is 2.03.